The molecule has 0 amide bonds. The number of carbonyl (C=O) groups is 1. The summed E-state index contributed by atoms with van der Waals surface area (Å²) in [6.45, 7) is 5.26. The van der Waals surface area contributed by atoms with Crippen LogP contribution < -0.4 is 0 Å². The lowest BCUT2D eigenvalue weighted by Crippen LogP contribution is -2.72. The molecule has 5 heteroatoms. The minimum Gasteiger partial charge on any atom is -0.392 e. The van der Waals surface area contributed by atoms with Crippen molar-refractivity contribution in [2.45, 2.75) is 76.3 Å². The average Bonchev–Trinajstić information content (AvgIpc) is 2.80. The van der Waals surface area contributed by atoms with E-state index in [-0.39, 0.29) is 30.0 Å². The third-order valence-electron chi connectivity index (χ3n) is 8.65. The highest BCUT2D eigenvalue weighted by molar-refractivity contribution is 5.96. The Kier molecular flexibility index (Phi) is 3.73. The lowest BCUT2D eigenvalue weighted by molar-refractivity contribution is -0.267. The molecule has 0 aromatic heterocycles. The molecule has 2 saturated carbocycles. The molecule has 0 aliphatic heterocycles. The first-order chi connectivity index (χ1) is 12.0. The standard InChI is InChI=1S/C21H30O5/c1-12(22)20(25)8-9-21(26)17-14(11-16(24)19(20,21)3)18(2)7-5-4-6-13(18)10-15(17)23/h4,6,10,12,14,16-17,22,24-26H,5,7-9,11H2,1-3H3/t12?,14-,16+,17-,18-,19+,20-,21+/m0/s1. The number of allylic oxidation sites excluding steroid dienone is 4. The van der Waals surface area contributed by atoms with Gasteiger partial charge in [-0.05, 0) is 62.0 Å². The van der Waals surface area contributed by atoms with E-state index in [0.717, 1.165) is 18.4 Å². The molecule has 0 bridgehead atoms. The molecule has 0 heterocycles. The maximum Gasteiger partial charge on any atom is 0.162 e. The zero-order valence-corrected chi connectivity index (χ0v) is 15.8. The fraction of sp³-hybridized carbons (Fsp3) is 0.762. The van der Waals surface area contributed by atoms with Gasteiger partial charge >= 0.3 is 0 Å². The Bertz CT molecular complexity index is 711. The van der Waals surface area contributed by atoms with Gasteiger partial charge < -0.3 is 20.4 Å². The number of aliphatic hydroxyl groups is 4. The number of fused-ring (bicyclic) bond motifs is 5. The van der Waals surface area contributed by atoms with Crippen molar-refractivity contribution in [3.05, 3.63) is 23.8 Å². The molecule has 4 aliphatic carbocycles. The zero-order chi connectivity index (χ0) is 19.1. The number of hydrogen-bond acceptors (Lipinski definition) is 5. The van der Waals surface area contributed by atoms with E-state index in [1.807, 2.05) is 6.08 Å². The molecule has 0 spiro atoms. The largest absolute Gasteiger partial charge is 0.392 e. The van der Waals surface area contributed by atoms with Crippen LogP contribution in [0, 0.1) is 22.7 Å². The molecule has 0 aromatic carbocycles. The summed E-state index contributed by atoms with van der Waals surface area (Å²) in [6.07, 6.45) is 6.12. The summed E-state index contributed by atoms with van der Waals surface area (Å²) in [5, 5.41) is 44.4. The zero-order valence-electron chi connectivity index (χ0n) is 15.8. The van der Waals surface area contributed by atoms with E-state index in [1.54, 1.807) is 13.0 Å². The molecule has 4 N–H and O–H groups in total. The molecular formula is C21H30O5. The molecule has 0 saturated heterocycles. The van der Waals surface area contributed by atoms with Crippen LogP contribution in [-0.4, -0.2) is 49.6 Å². The van der Waals surface area contributed by atoms with Crippen LogP contribution in [0.5, 0.6) is 0 Å². The van der Waals surface area contributed by atoms with Crippen LogP contribution in [-0.2, 0) is 4.79 Å². The Balaban J connectivity index is 1.89. The smallest absolute Gasteiger partial charge is 0.162 e. The maximum atomic E-state index is 13.1. The molecule has 144 valence electrons. The molecule has 0 radical (unpaired) electrons. The summed E-state index contributed by atoms with van der Waals surface area (Å²) >= 11 is 0. The monoisotopic (exact) mass is 362 g/mol. The van der Waals surface area contributed by atoms with Crippen LogP contribution in [0.1, 0.15) is 52.9 Å². The Labute approximate surface area is 154 Å². The van der Waals surface area contributed by atoms with Crippen LogP contribution in [0.3, 0.4) is 0 Å². The van der Waals surface area contributed by atoms with Crippen LogP contribution in [0.2, 0.25) is 0 Å². The van der Waals surface area contributed by atoms with Crippen molar-refractivity contribution in [1.82, 2.24) is 0 Å². The highest BCUT2D eigenvalue weighted by Crippen LogP contribution is 2.68. The third kappa shape index (κ3) is 1.83. The highest BCUT2D eigenvalue weighted by Gasteiger charge is 2.76. The van der Waals surface area contributed by atoms with E-state index >= 15 is 0 Å². The summed E-state index contributed by atoms with van der Waals surface area (Å²) in [5.41, 5.74) is -3.79. The molecule has 26 heavy (non-hydrogen) atoms. The van der Waals surface area contributed by atoms with Crippen LogP contribution in [0.25, 0.3) is 0 Å². The van der Waals surface area contributed by atoms with Gasteiger partial charge in [0.2, 0.25) is 0 Å². The highest BCUT2D eigenvalue weighted by atomic mass is 16.4. The average molecular weight is 362 g/mol. The summed E-state index contributed by atoms with van der Waals surface area (Å²) in [6, 6.07) is 0. The summed E-state index contributed by atoms with van der Waals surface area (Å²) in [7, 11) is 0. The predicted octanol–water partition coefficient (Wildman–Crippen LogP) is 1.49. The second kappa shape index (κ2) is 5.28. The second-order valence-corrected chi connectivity index (χ2v) is 9.42. The van der Waals surface area contributed by atoms with E-state index in [1.165, 1.54) is 6.92 Å². The topological polar surface area (TPSA) is 98.0 Å². The number of ketones is 1. The molecular weight excluding hydrogens is 332 g/mol. The van der Waals surface area contributed by atoms with Gasteiger partial charge in [0.05, 0.1) is 29.1 Å². The molecule has 0 aromatic rings. The van der Waals surface area contributed by atoms with Crippen molar-refractivity contribution in [1.29, 1.82) is 0 Å². The molecule has 1 unspecified atom stereocenters. The van der Waals surface area contributed by atoms with Gasteiger partial charge in [-0.15, -0.1) is 0 Å². The van der Waals surface area contributed by atoms with Gasteiger partial charge in [-0.1, -0.05) is 26.0 Å². The molecule has 5 nitrogen and oxygen atoms in total. The van der Waals surface area contributed by atoms with Crippen molar-refractivity contribution in [2.24, 2.45) is 22.7 Å². The predicted molar refractivity (Wildman–Crippen MR) is 96.1 cm³/mol. The molecule has 4 rings (SSSR count). The van der Waals surface area contributed by atoms with E-state index in [2.05, 4.69) is 13.0 Å². The Morgan fingerprint density at radius 1 is 1.19 bits per heavy atom. The Hall–Kier alpha value is -1.01. The number of aliphatic hydroxyl groups excluding tert-OH is 2. The van der Waals surface area contributed by atoms with Crippen molar-refractivity contribution in [3.63, 3.8) is 0 Å². The maximum absolute atomic E-state index is 13.1. The first kappa shape index (κ1) is 18.4. The van der Waals surface area contributed by atoms with Crippen molar-refractivity contribution in [2.75, 3.05) is 0 Å². The van der Waals surface area contributed by atoms with Crippen molar-refractivity contribution in [3.8, 4) is 0 Å². The lowest BCUT2D eigenvalue weighted by Gasteiger charge is -2.62. The van der Waals surface area contributed by atoms with Gasteiger partial charge in [0, 0.05) is 0 Å². The fourth-order valence-corrected chi connectivity index (χ4v) is 6.76. The SMILES string of the molecule is CC(O)[C@@]1(O)CC[C@@]2(O)[C@@H]3C(=O)C=C4C=CCC[C@]4(C)[C@H]3C[C@@H](O)[C@@]21C. The Morgan fingerprint density at radius 2 is 1.88 bits per heavy atom. The molecule has 4 aliphatic rings. The second-order valence-electron chi connectivity index (χ2n) is 9.42. The number of hydrogen-bond donors (Lipinski definition) is 4. The minimum atomic E-state index is -1.62. The quantitative estimate of drug-likeness (QED) is 0.567. The van der Waals surface area contributed by atoms with Gasteiger partial charge in [0.15, 0.2) is 5.78 Å². The van der Waals surface area contributed by atoms with Crippen molar-refractivity contribution >= 4 is 5.78 Å². The first-order valence-electron chi connectivity index (χ1n) is 9.76. The van der Waals surface area contributed by atoms with Crippen LogP contribution in [0.4, 0.5) is 0 Å². The van der Waals surface area contributed by atoms with E-state index in [4.69, 9.17) is 0 Å². The summed E-state index contributed by atoms with van der Waals surface area (Å²) in [5.74, 6) is -0.960. The number of rotatable bonds is 1. The number of carbonyl (C=O) groups excluding carboxylic acids is 1. The molecule has 8 atom stereocenters. The third-order valence-corrected chi connectivity index (χ3v) is 8.65. The minimum absolute atomic E-state index is 0.121. The fourth-order valence-electron chi connectivity index (χ4n) is 6.76. The van der Waals surface area contributed by atoms with E-state index < -0.39 is 34.7 Å². The summed E-state index contributed by atoms with van der Waals surface area (Å²) < 4.78 is 0. The van der Waals surface area contributed by atoms with E-state index in [0.29, 0.717) is 6.42 Å². The Morgan fingerprint density at radius 3 is 2.54 bits per heavy atom. The van der Waals surface area contributed by atoms with Gasteiger partial charge in [0.1, 0.15) is 5.60 Å². The first-order valence-corrected chi connectivity index (χ1v) is 9.76. The van der Waals surface area contributed by atoms with Gasteiger partial charge in [-0.25, -0.2) is 0 Å². The normalized spacial score (nSPS) is 54.2. The van der Waals surface area contributed by atoms with Gasteiger partial charge in [0.25, 0.3) is 0 Å². The van der Waals surface area contributed by atoms with Crippen LogP contribution in [0.15, 0.2) is 23.8 Å². The van der Waals surface area contributed by atoms with Gasteiger partial charge in [-0.3, -0.25) is 4.79 Å². The van der Waals surface area contributed by atoms with E-state index in [9.17, 15) is 25.2 Å². The van der Waals surface area contributed by atoms with Crippen molar-refractivity contribution < 1.29 is 25.2 Å². The van der Waals surface area contributed by atoms with Gasteiger partial charge in [-0.2, -0.15) is 0 Å². The lowest BCUT2D eigenvalue weighted by atomic mass is 9.44. The van der Waals surface area contributed by atoms with Crippen LogP contribution >= 0.6 is 0 Å². The molecule has 2 fully saturated rings. The summed E-state index contributed by atoms with van der Waals surface area (Å²) in [4.78, 5) is 13.1.